The average Bonchev–Trinajstić information content (AvgIpc) is 3.43. The minimum absolute atomic E-state index is 0.0462. The molecule has 184 valence electrons. The van der Waals surface area contributed by atoms with Crippen molar-refractivity contribution in [3.05, 3.63) is 119 Å². The summed E-state index contributed by atoms with van der Waals surface area (Å²) in [4.78, 5) is 10.6. The van der Waals surface area contributed by atoms with E-state index in [1.165, 1.54) is 34.4 Å². The van der Waals surface area contributed by atoms with Crippen LogP contribution in [-0.2, 0) is 6.54 Å². The molecule has 37 heavy (non-hydrogen) atoms. The number of nitrogens with one attached hydrogen (secondary N) is 1. The summed E-state index contributed by atoms with van der Waals surface area (Å²) in [5.41, 5.74) is 7.20. The fraction of sp³-hybridized carbons (Fsp3) is 0.133. The summed E-state index contributed by atoms with van der Waals surface area (Å²) in [6, 6.07) is 33.9. The predicted molar refractivity (Wildman–Crippen MR) is 147 cm³/mol. The predicted octanol–water partition coefficient (Wildman–Crippen LogP) is 7.08. The van der Waals surface area contributed by atoms with Crippen LogP contribution in [-0.4, -0.2) is 26.5 Å². The topological polar surface area (TPSA) is 85.9 Å². The van der Waals surface area contributed by atoms with E-state index in [9.17, 15) is 10.1 Å². The molecular weight excluding hydrogens is 462 g/mol. The van der Waals surface area contributed by atoms with Crippen molar-refractivity contribution in [2.45, 2.75) is 19.4 Å². The summed E-state index contributed by atoms with van der Waals surface area (Å²) < 4.78 is 1.79. The largest absolute Gasteiger partial charge is 0.385 e. The van der Waals surface area contributed by atoms with E-state index in [1.807, 2.05) is 18.3 Å². The Kier molecular flexibility index (Phi) is 7.31. The van der Waals surface area contributed by atoms with Crippen LogP contribution >= 0.6 is 0 Å². The summed E-state index contributed by atoms with van der Waals surface area (Å²) in [6.07, 6.45) is 3.72. The van der Waals surface area contributed by atoms with Crippen molar-refractivity contribution in [1.29, 1.82) is 0 Å². The van der Waals surface area contributed by atoms with E-state index >= 15 is 0 Å². The molecule has 5 aromatic rings. The first-order valence-electron chi connectivity index (χ1n) is 12.3. The van der Waals surface area contributed by atoms with Gasteiger partial charge in [0.1, 0.15) is 5.69 Å². The summed E-state index contributed by atoms with van der Waals surface area (Å²) in [5.74, 6) is 0. The van der Waals surface area contributed by atoms with E-state index in [1.54, 1.807) is 16.8 Å². The van der Waals surface area contributed by atoms with Crippen molar-refractivity contribution in [1.82, 2.24) is 15.0 Å². The molecule has 1 heterocycles. The Balaban J connectivity index is 1.20. The molecule has 0 saturated carbocycles. The van der Waals surface area contributed by atoms with Crippen molar-refractivity contribution in [3.8, 4) is 33.5 Å². The molecule has 0 unspecified atom stereocenters. The number of aryl methyl sites for hydroxylation is 1. The molecule has 0 atom stereocenters. The van der Waals surface area contributed by atoms with Crippen LogP contribution in [0.3, 0.4) is 0 Å². The van der Waals surface area contributed by atoms with Gasteiger partial charge in [0.2, 0.25) is 0 Å². The van der Waals surface area contributed by atoms with Gasteiger partial charge in [-0.25, -0.2) is 0 Å². The Morgan fingerprint density at radius 2 is 1.38 bits per heavy atom. The number of hydrogen-bond acceptors (Lipinski definition) is 5. The van der Waals surface area contributed by atoms with Crippen molar-refractivity contribution in [2.24, 2.45) is 0 Å². The van der Waals surface area contributed by atoms with Crippen LogP contribution in [0.15, 0.2) is 109 Å². The first kappa shape index (κ1) is 23.9. The van der Waals surface area contributed by atoms with Gasteiger partial charge < -0.3 is 5.32 Å². The van der Waals surface area contributed by atoms with Gasteiger partial charge in [0, 0.05) is 36.5 Å². The number of hydrogen-bond donors (Lipinski definition) is 1. The summed E-state index contributed by atoms with van der Waals surface area (Å²) in [7, 11) is 0. The maximum Gasteiger partial charge on any atom is 0.270 e. The lowest BCUT2D eigenvalue weighted by Gasteiger charge is -2.13. The van der Waals surface area contributed by atoms with E-state index in [-0.39, 0.29) is 5.69 Å². The Morgan fingerprint density at radius 1 is 0.730 bits per heavy atom. The summed E-state index contributed by atoms with van der Waals surface area (Å²) in [5, 5.41) is 23.0. The highest BCUT2D eigenvalue weighted by atomic mass is 16.6. The van der Waals surface area contributed by atoms with Crippen LogP contribution in [0.5, 0.6) is 0 Å². The number of unbranched alkanes of at least 4 members (excludes halogenated alkanes) is 1. The van der Waals surface area contributed by atoms with E-state index < -0.39 is 4.92 Å². The maximum absolute atomic E-state index is 11.0. The van der Waals surface area contributed by atoms with Crippen molar-refractivity contribution in [3.63, 3.8) is 0 Å². The minimum Gasteiger partial charge on any atom is -0.385 e. The number of nitro benzene ring substituents is 1. The zero-order chi connectivity index (χ0) is 25.5. The lowest BCUT2D eigenvalue weighted by atomic mass is 9.98. The molecule has 4 aromatic carbocycles. The maximum atomic E-state index is 11.0. The highest BCUT2D eigenvalue weighted by Gasteiger charge is 2.10. The molecule has 7 heteroatoms. The molecule has 5 rings (SSSR count). The Labute approximate surface area is 215 Å². The number of aromatic nitrogens is 3. The molecule has 1 aromatic heterocycles. The van der Waals surface area contributed by atoms with Gasteiger partial charge in [0.05, 0.1) is 11.1 Å². The quantitative estimate of drug-likeness (QED) is 0.129. The third kappa shape index (κ3) is 6.08. The van der Waals surface area contributed by atoms with Gasteiger partial charge in [0.15, 0.2) is 0 Å². The first-order chi connectivity index (χ1) is 18.2. The smallest absolute Gasteiger partial charge is 0.270 e. The summed E-state index contributed by atoms with van der Waals surface area (Å²) in [6.45, 7) is 1.56. The molecule has 0 aliphatic rings. The number of nitro groups is 1. The molecule has 0 spiro atoms. The monoisotopic (exact) mass is 489 g/mol. The Bertz CT molecular complexity index is 1420. The molecule has 7 nitrogen and oxygen atoms in total. The highest BCUT2D eigenvalue weighted by molar-refractivity contribution is 5.78. The lowest BCUT2D eigenvalue weighted by Crippen LogP contribution is -2.05. The van der Waals surface area contributed by atoms with Crippen molar-refractivity contribution in [2.75, 3.05) is 11.9 Å². The highest BCUT2D eigenvalue weighted by Crippen LogP contribution is 2.30. The van der Waals surface area contributed by atoms with Gasteiger partial charge in [-0.15, -0.1) is 5.10 Å². The van der Waals surface area contributed by atoms with Gasteiger partial charge in [-0.1, -0.05) is 78.0 Å². The molecule has 0 bridgehead atoms. The van der Waals surface area contributed by atoms with Gasteiger partial charge in [-0.05, 0) is 53.3 Å². The van der Waals surface area contributed by atoms with Crippen molar-refractivity contribution < 1.29 is 4.92 Å². The molecule has 0 amide bonds. The Hall–Kier alpha value is -4.78. The minimum atomic E-state index is -0.404. The second kappa shape index (κ2) is 11.3. The average molecular weight is 490 g/mol. The lowest BCUT2D eigenvalue weighted by molar-refractivity contribution is -0.384. The second-order valence-electron chi connectivity index (χ2n) is 8.84. The number of anilines is 1. The number of nitrogens with zero attached hydrogens (tertiary/aromatic N) is 4. The van der Waals surface area contributed by atoms with E-state index in [4.69, 9.17) is 0 Å². The number of non-ortho nitro benzene ring substituents is 1. The third-order valence-electron chi connectivity index (χ3n) is 6.18. The molecule has 0 fully saturated rings. The molecule has 0 radical (unpaired) electrons. The van der Waals surface area contributed by atoms with Crippen LogP contribution in [0.2, 0.25) is 0 Å². The zero-order valence-electron chi connectivity index (χ0n) is 20.3. The second-order valence-corrected chi connectivity index (χ2v) is 8.84. The van der Waals surface area contributed by atoms with Crippen LogP contribution in [0.4, 0.5) is 11.4 Å². The molecular formula is C30H27N5O2. The third-order valence-corrected chi connectivity index (χ3v) is 6.18. The first-order valence-corrected chi connectivity index (χ1v) is 12.3. The fourth-order valence-corrected chi connectivity index (χ4v) is 4.27. The zero-order valence-corrected chi connectivity index (χ0v) is 20.3. The van der Waals surface area contributed by atoms with Gasteiger partial charge in [-0.3, -0.25) is 14.8 Å². The Morgan fingerprint density at radius 3 is 2.03 bits per heavy atom. The summed E-state index contributed by atoms with van der Waals surface area (Å²) >= 11 is 0. The van der Waals surface area contributed by atoms with Crippen LogP contribution in [0.1, 0.15) is 12.8 Å². The van der Waals surface area contributed by atoms with E-state index in [0.717, 1.165) is 31.6 Å². The standard InChI is InChI=1S/C30H27N5O2/c36-35(37)29-15-9-14-25(21-29)30-22-34(33-32-30)17-8-7-16-31-28-19-26(23-10-3-1-4-11-23)18-27(20-28)24-12-5-2-6-13-24/h1-6,9-15,18-22,31H,7-8,16-17H2. The molecule has 0 saturated heterocycles. The van der Waals surface area contributed by atoms with Gasteiger partial charge >= 0.3 is 0 Å². The van der Waals surface area contributed by atoms with Gasteiger partial charge in [0.25, 0.3) is 5.69 Å². The van der Waals surface area contributed by atoms with Gasteiger partial charge in [-0.2, -0.15) is 0 Å². The normalized spacial score (nSPS) is 10.8. The number of benzene rings is 4. The SMILES string of the molecule is O=[N+]([O-])c1cccc(-c2cn(CCCCNc3cc(-c4ccccc4)cc(-c4ccccc4)c3)nn2)c1. The van der Waals surface area contributed by atoms with Crippen LogP contribution < -0.4 is 5.32 Å². The van der Waals surface area contributed by atoms with Crippen LogP contribution in [0, 0.1) is 10.1 Å². The van der Waals surface area contributed by atoms with Crippen molar-refractivity contribution >= 4 is 11.4 Å². The van der Waals surface area contributed by atoms with E-state index in [2.05, 4.69) is 82.4 Å². The molecule has 0 aliphatic carbocycles. The fourth-order valence-electron chi connectivity index (χ4n) is 4.27. The van der Waals surface area contributed by atoms with E-state index in [0.29, 0.717) is 11.3 Å². The number of rotatable bonds is 10. The molecule has 0 aliphatic heterocycles. The van der Waals surface area contributed by atoms with Crippen LogP contribution in [0.25, 0.3) is 33.5 Å². The molecule has 1 N–H and O–H groups in total.